The van der Waals surface area contributed by atoms with Gasteiger partial charge in [0.15, 0.2) is 5.82 Å². The fourth-order valence-electron chi connectivity index (χ4n) is 2.75. The second-order valence-corrected chi connectivity index (χ2v) is 6.17. The van der Waals surface area contributed by atoms with Gasteiger partial charge in [-0.1, -0.05) is 30.3 Å². The van der Waals surface area contributed by atoms with Crippen LogP contribution in [0.4, 0.5) is 10.5 Å². The van der Waals surface area contributed by atoms with E-state index in [9.17, 15) is 4.79 Å². The number of nitrogens with zero attached hydrogens (tertiary/aromatic N) is 2. The Kier molecular flexibility index (Phi) is 5.14. The molecule has 0 bridgehead atoms. The van der Waals surface area contributed by atoms with Crippen molar-refractivity contribution in [2.75, 3.05) is 11.9 Å². The molecule has 132 valence electrons. The summed E-state index contributed by atoms with van der Waals surface area (Å²) in [6.45, 7) is 3.98. The zero-order valence-electron chi connectivity index (χ0n) is 14.3. The van der Waals surface area contributed by atoms with Crippen LogP contribution in [0.25, 0.3) is 11.5 Å². The van der Waals surface area contributed by atoms with E-state index < -0.39 is 0 Å². The van der Waals surface area contributed by atoms with Crippen LogP contribution in [0.1, 0.15) is 24.7 Å². The van der Waals surface area contributed by atoms with Gasteiger partial charge in [-0.3, -0.25) is 0 Å². The summed E-state index contributed by atoms with van der Waals surface area (Å²) in [7, 11) is 0. The number of urea groups is 1. The summed E-state index contributed by atoms with van der Waals surface area (Å²) < 4.78 is 5.25. The molecule has 3 rings (SSSR count). The van der Waals surface area contributed by atoms with E-state index in [1.54, 1.807) is 0 Å². The molecule has 0 saturated heterocycles. The first kappa shape index (κ1) is 17.2. The molecule has 0 aliphatic heterocycles. The van der Waals surface area contributed by atoms with E-state index in [1.807, 2.05) is 44.2 Å². The minimum Gasteiger partial charge on any atom is -0.396 e. The molecule has 7 heteroatoms. The number of aliphatic hydroxyl groups is 1. The monoisotopic (exact) mass is 342 g/mol. The Morgan fingerprint density at radius 3 is 2.92 bits per heavy atom. The lowest BCUT2D eigenvalue weighted by atomic mass is 10.1. The third kappa shape index (κ3) is 4.06. The lowest BCUT2D eigenvalue weighted by Crippen LogP contribution is -2.36. The van der Waals surface area contributed by atoms with Crippen molar-refractivity contribution in [2.45, 2.75) is 32.7 Å². The number of carbonyl (C=O) groups is 1. The van der Waals surface area contributed by atoms with E-state index in [-0.39, 0.29) is 24.6 Å². The van der Waals surface area contributed by atoms with Crippen molar-refractivity contribution >= 4 is 11.7 Å². The highest BCUT2D eigenvalue weighted by atomic mass is 16.5. The maximum atomic E-state index is 12.2. The lowest BCUT2D eigenvalue weighted by molar-refractivity contribution is 0.238. The van der Waals surface area contributed by atoms with E-state index in [2.05, 4.69) is 20.8 Å². The van der Waals surface area contributed by atoms with E-state index in [0.29, 0.717) is 30.2 Å². The third-order valence-corrected chi connectivity index (χ3v) is 4.24. The maximum Gasteiger partial charge on any atom is 0.319 e. The molecule has 0 spiro atoms. The molecule has 2 atom stereocenters. The van der Waals surface area contributed by atoms with Gasteiger partial charge in [0.1, 0.15) is 0 Å². The van der Waals surface area contributed by atoms with Crippen LogP contribution in [0.2, 0.25) is 0 Å². The standard InChI is InChI=1S/C18H22N4O3/c1-3-16-21-17(25-22-16)13-6-4-11(2)15(9-13)20-18(24)19-14-7-5-12(8-14)10-23/h4-7,9,12,14,23H,3,8,10H2,1-2H3,(H2,19,20,24)/t12-,14+/m0/s1. The van der Waals surface area contributed by atoms with Gasteiger partial charge in [-0.15, -0.1) is 0 Å². The van der Waals surface area contributed by atoms with Gasteiger partial charge >= 0.3 is 6.03 Å². The van der Waals surface area contributed by atoms with Gasteiger partial charge in [-0.05, 0) is 31.0 Å². The first-order valence-corrected chi connectivity index (χ1v) is 8.39. The van der Waals surface area contributed by atoms with Gasteiger partial charge in [0.05, 0.1) is 0 Å². The van der Waals surface area contributed by atoms with Crippen molar-refractivity contribution in [3.8, 4) is 11.5 Å². The number of hydrogen-bond acceptors (Lipinski definition) is 5. The Morgan fingerprint density at radius 2 is 2.24 bits per heavy atom. The van der Waals surface area contributed by atoms with Gasteiger partial charge in [-0.25, -0.2) is 4.79 Å². The minimum absolute atomic E-state index is 0.0660. The molecular formula is C18H22N4O3. The molecule has 25 heavy (non-hydrogen) atoms. The molecule has 2 aromatic rings. The molecule has 2 amide bonds. The van der Waals surface area contributed by atoms with Crippen molar-refractivity contribution in [3.05, 3.63) is 41.7 Å². The topological polar surface area (TPSA) is 100 Å². The molecule has 1 aliphatic carbocycles. The molecule has 1 aromatic carbocycles. The van der Waals surface area contributed by atoms with Crippen LogP contribution in [-0.2, 0) is 6.42 Å². The van der Waals surface area contributed by atoms with E-state index in [4.69, 9.17) is 9.63 Å². The fourth-order valence-corrected chi connectivity index (χ4v) is 2.75. The molecule has 0 radical (unpaired) electrons. The van der Waals surface area contributed by atoms with E-state index in [0.717, 1.165) is 11.1 Å². The van der Waals surface area contributed by atoms with Crippen molar-refractivity contribution in [2.24, 2.45) is 5.92 Å². The third-order valence-electron chi connectivity index (χ3n) is 4.24. The van der Waals surface area contributed by atoms with Crippen molar-refractivity contribution in [1.82, 2.24) is 15.5 Å². The van der Waals surface area contributed by atoms with Crippen molar-refractivity contribution in [1.29, 1.82) is 0 Å². The Bertz CT molecular complexity index is 784. The van der Waals surface area contributed by atoms with Crippen LogP contribution in [0, 0.1) is 12.8 Å². The average molecular weight is 342 g/mol. The Morgan fingerprint density at radius 1 is 1.40 bits per heavy atom. The zero-order chi connectivity index (χ0) is 17.8. The van der Waals surface area contributed by atoms with Crippen LogP contribution < -0.4 is 10.6 Å². The zero-order valence-corrected chi connectivity index (χ0v) is 14.3. The summed E-state index contributed by atoms with van der Waals surface area (Å²) in [5.74, 6) is 1.19. The lowest BCUT2D eigenvalue weighted by Gasteiger charge is -2.15. The normalized spacial score (nSPS) is 19.2. The number of carbonyl (C=O) groups excluding carboxylic acids is 1. The molecule has 0 fully saturated rings. The molecule has 1 heterocycles. The molecule has 0 saturated carbocycles. The summed E-state index contributed by atoms with van der Waals surface area (Å²) in [4.78, 5) is 16.6. The first-order chi connectivity index (χ1) is 12.1. The summed E-state index contributed by atoms with van der Waals surface area (Å²) in [5.41, 5.74) is 2.38. The Hall–Kier alpha value is -2.67. The number of amides is 2. The highest BCUT2D eigenvalue weighted by Gasteiger charge is 2.20. The smallest absolute Gasteiger partial charge is 0.319 e. The second kappa shape index (κ2) is 7.48. The van der Waals surface area contributed by atoms with Crippen LogP contribution in [-0.4, -0.2) is 33.9 Å². The molecule has 3 N–H and O–H groups in total. The largest absolute Gasteiger partial charge is 0.396 e. The van der Waals surface area contributed by atoms with E-state index in [1.165, 1.54) is 0 Å². The quantitative estimate of drug-likeness (QED) is 0.725. The molecule has 7 nitrogen and oxygen atoms in total. The van der Waals surface area contributed by atoms with Gasteiger partial charge in [0.25, 0.3) is 5.89 Å². The summed E-state index contributed by atoms with van der Waals surface area (Å²) >= 11 is 0. The van der Waals surface area contributed by atoms with Crippen LogP contribution in [0.5, 0.6) is 0 Å². The van der Waals surface area contributed by atoms with Gasteiger partial charge in [-0.2, -0.15) is 4.98 Å². The SMILES string of the molecule is CCc1noc(-c2ccc(C)c(NC(=O)N[C@@H]3C=C[C@H](CO)C3)c2)n1. The molecule has 1 aromatic heterocycles. The maximum absolute atomic E-state index is 12.2. The predicted octanol–water partition coefficient (Wildman–Crippen LogP) is 2.67. The van der Waals surface area contributed by atoms with Gasteiger partial charge < -0.3 is 20.3 Å². The summed E-state index contributed by atoms with van der Waals surface area (Å²) in [5, 5.41) is 18.8. The Balaban J connectivity index is 1.68. The molecular weight excluding hydrogens is 320 g/mol. The number of aliphatic hydroxyl groups excluding tert-OH is 1. The van der Waals surface area contributed by atoms with Crippen LogP contribution >= 0.6 is 0 Å². The molecule has 1 aliphatic rings. The number of aryl methyl sites for hydroxylation is 2. The number of nitrogens with one attached hydrogen (secondary N) is 2. The van der Waals surface area contributed by atoms with Crippen molar-refractivity contribution in [3.63, 3.8) is 0 Å². The number of benzene rings is 1. The number of aromatic nitrogens is 2. The average Bonchev–Trinajstić information content (AvgIpc) is 3.25. The fraction of sp³-hybridized carbons (Fsp3) is 0.389. The number of anilines is 1. The highest BCUT2D eigenvalue weighted by Crippen LogP contribution is 2.24. The number of rotatable bonds is 5. The van der Waals surface area contributed by atoms with Gasteiger partial charge in [0, 0.05) is 36.2 Å². The molecule has 0 unspecified atom stereocenters. The van der Waals surface area contributed by atoms with E-state index >= 15 is 0 Å². The number of hydrogen-bond donors (Lipinski definition) is 3. The Labute approximate surface area is 146 Å². The van der Waals surface area contributed by atoms with Crippen LogP contribution in [0.3, 0.4) is 0 Å². The first-order valence-electron chi connectivity index (χ1n) is 8.39. The predicted molar refractivity (Wildman–Crippen MR) is 94.1 cm³/mol. The van der Waals surface area contributed by atoms with Crippen molar-refractivity contribution < 1.29 is 14.4 Å². The summed E-state index contributed by atoms with van der Waals surface area (Å²) in [6.07, 6.45) is 5.25. The van der Waals surface area contributed by atoms with Crippen LogP contribution in [0.15, 0.2) is 34.9 Å². The van der Waals surface area contributed by atoms with Gasteiger partial charge in [0.2, 0.25) is 0 Å². The minimum atomic E-state index is -0.284. The highest BCUT2D eigenvalue weighted by molar-refractivity contribution is 5.91. The second-order valence-electron chi connectivity index (χ2n) is 6.17. The summed E-state index contributed by atoms with van der Waals surface area (Å²) in [6, 6.07) is 5.26.